The molecule has 1 atom stereocenters. The maximum absolute atomic E-state index is 13.0. The molecule has 0 aliphatic carbocycles. The summed E-state index contributed by atoms with van der Waals surface area (Å²) < 4.78 is 7.30. The van der Waals surface area contributed by atoms with Crippen LogP contribution >= 0.6 is 0 Å². The third-order valence-corrected chi connectivity index (χ3v) is 6.16. The minimum absolute atomic E-state index is 0.0114. The quantitative estimate of drug-likeness (QED) is 0.645. The van der Waals surface area contributed by atoms with Gasteiger partial charge in [0, 0.05) is 30.6 Å². The van der Waals surface area contributed by atoms with E-state index in [0.717, 1.165) is 42.8 Å². The standard InChI is InChI=1S/C25H30N4O3/c1-28(2)21(19-9-6-7-10-22(19)32-3)16-26-24(30)17-12-13-18-20(15-17)27-23-11-5-4-8-14-29(23)25(18)31/h6-7,9-10,12-13,15,21H,4-5,8,11,14,16H2,1-3H3,(H,26,30). The summed E-state index contributed by atoms with van der Waals surface area (Å²) in [5.41, 5.74) is 2.09. The summed E-state index contributed by atoms with van der Waals surface area (Å²) in [4.78, 5) is 32.7. The number of aromatic nitrogens is 2. The number of carbonyl (C=O) groups excluding carboxylic acids is 1. The second-order valence-corrected chi connectivity index (χ2v) is 8.46. The monoisotopic (exact) mass is 434 g/mol. The molecule has 32 heavy (non-hydrogen) atoms. The molecule has 168 valence electrons. The van der Waals surface area contributed by atoms with Gasteiger partial charge in [0.15, 0.2) is 0 Å². The molecule has 1 N–H and O–H groups in total. The fourth-order valence-electron chi connectivity index (χ4n) is 4.36. The molecule has 1 unspecified atom stereocenters. The van der Waals surface area contributed by atoms with Crippen LogP contribution in [0.5, 0.6) is 5.75 Å². The van der Waals surface area contributed by atoms with Gasteiger partial charge in [-0.05, 0) is 51.2 Å². The lowest BCUT2D eigenvalue weighted by Crippen LogP contribution is -2.34. The van der Waals surface area contributed by atoms with Gasteiger partial charge in [0.1, 0.15) is 11.6 Å². The van der Waals surface area contributed by atoms with Crippen molar-refractivity contribution >= 4 is 16.8 Å². The van der Waals surface area contributed by atoms with Gasteiger partial charge in [-0.2, -0.15) is 0 Å². The van der Waals surface area contributed by atoms with Crippen LogP contribution < -0.4 is 15.6 Å². The first-order valence-electron chi connectivity index (χ1n) is 11.1. The van der Waals surface area contributed by atoms with Crippen molar-refractivity contribution in [1.29, 1.82) is 0 Å². The molecule has 7 nitrogen and oxygen atoms in total. The Balaban J connectivity index is 1.57. The van der Waals surface area contributed by atoms with E-state index in [-0.39, 0.29) is 17.5 Å². The number of nitrogens with one attached hydrogen (secondary N) is 1. The average Bonchev–Trinajstić information content (AvgIpc) is 3.04. The molecule has 4 rings (SSSR count). The number of rotatable bonds is 6. The second kappa shape index (κ2) is 9.53. The van der Waals surface area contributed by atoms with Crippen molar-refractivity contribution in [2.75, 3.05) is 27.7 Å². The van der Waals surface area contributed by atoms with E-state index in [1.165, 1.54) is 0 Å². The Labute approximate surface area is 188 Å². The fraction of sp³-hybridized carbons (Fsp3) is 0.400. The van der Waals surface area contributed by atoms with E-state index in [1.807, 2.05) is 38.4 Å². The van der Waals surface area contributed by atoms with Crippen LogP contribution in [0.1, 0.15) is 47.1 Å². The van der Waals surface area contributed by atoms with E-state index in [4.69, 9.17) is 9.72 Å². The molecule has 0 saturated carbocycles. The van der Waals surface area contributed by atoms with Gasteiger partial charge in [0.05, 0.1) is 24.1 Å². The molecule has 2 heterocycles. The summed E-state index contributed by atoms with van der Waals surface area (Å²) in [6.07, 6.45) is 3.93. The predicted molar refractivity (Wildman–Crippen MR) is 125 cm³/mol. The SMILES string of the molecule is COc1ccccc1C(CNC(=O)c1ccc2c(=O)n3c(nc2c1)CCCCC3)N(C)C. The summed E-state index contributed by atoms with van der Waals surface area (Å²) >= 11 is 0. The van der Waals surface area contributed by atoms with E-state index < -0.39 is 0 Å². The molecule has 1 aliphatic heterocycles. The average molecular weight is 435 g/mol. The summed E-state index contributed by atoms with van der Waals surface area (Å²) in [5.74, 6) is 1.42. The smallest absolute Gasteiger partial charge is 0.261 e. The van der Waals surface area contributed by atoms with Crippen molar-refractivity contribution in [2.24, 2.45) is 0 Å². The molecule has 2 aromatic carbocycles. The Bertz CT molecular complexity index is 1190. The topological polar surface area (TPSA) is 76.5 Å². The minimum atomic E-state index is -0.189. The van der Waals surface area contributed by atoms with Gasteiger partial charge >= 0.3 is 0 Å². The zero-order chi connectivity index (χ0) is 22.7. The Morgan fingerprint density at radius 1 is 1.19 bits per heavy atom. The molecule has 0 fully saturated rings. The normalized spacial score (nSPS) is 14.6. The molecule has 1 aromatic heterocycles. The van der Waals surface area contributed by atoms with Crippen molar-refractivity contribution in [2.45, 2.75) is 38.3 Å². The maximum Gasteiger partial charge on any atom is 0.261 e. The number of benzene rings is 2. The van der Waals surface area contributed by atoms with Gasteiger partial charge in [0.25, 0.3) is 11.5 Å². The number of amides is 1. The number of ether oxygens (including phenoxy) is 1. The molecular formula is C25H30N4O3. The largest absolute Gasteiger partial charge is 0.496 e. The molecule has 0 bridgehead atoms. The summed E-state index contributed by atoms with van der Waals surface area (Å²) in [6, 6.07) is 12.9. The third kappa shape index (κ3) is 4.39. The van der Waals surface area contributed by atoms with Gasteiger partial charge in [-0.15, -0.1) is 0 Å². The maximum atomic E-state index is 13.0. The van der Waals surface area contributed by atoms with E-state index >= 15 is 0 Å². The van der Waals surface area contributed by atoms with Crippen LogP contribution in [0.4, 0.5) is 0 Å². The number of fused-ring (bicyclic) bond motifs is 2. The van der Waals surface area contributed by atoms with Gasteiger partial charge in [0.2, 0.25) is 0 Å². The van der Waals surface area contributed by atoms with Crippen LogP contribution in [0, 0.1) is 0 Å². The van der Waals surface area contributed by atoms with Crippen molar-refractivity contribution < 1.29 is 9.53 Å². The first-order chi connectivity index (χ1) is 15.5. The fourth-order valence-corrected chi connectivity index (χ4v) is 4.36. The van der Waals surface area contributed by atoms with E-state index in [9.17, 15) is 9.59 Å². The zero-order valence-corrected chi connectivity index (χ0v) is 18.9. The Hall–Kier alpha value is -3.19. The Morgan fingerprint density at radius 3 is 2.78 bits per heavy atom. The highest BCUT2D eigenvalue weighted by molar-refractivity contribution is 5.97. The lowest BCUT2D eigenvalue weighted by atomic mass is 10.0. The summed E-state index contributed by atoms with van der Waals surface area (Å²) in [5, 5.41) is 3.60. The molecular weight excluding hydrogens is 404 g/mol. The highest BCUT2D eigenvalue weighted by Crippen LogP contribution is 2.27. The first-order valence-corrected chi connectivity index (χ1v) is 11.1. The lowest BCUT2D eigenvalue weighted by Gasteiger charge is -2.26. The first kappa shape index (κ1) is 22.0. The van der Waals surface area contributed by atoms with Crippen molar-refractivity contribution in [1.82, 2.24) is 19.8 Å². The highest BCUT2D eigenvalue weighted by Gasteiger charge is 2.20. The second-order valence-electron chi connectivity index (χ2n) is 8.46. The van der Waals surface area contributed by atoms with Crippen molar-refractivity contribution in [3.05, 3.63) is 69.8 Å². The van der Waals surface area contributed by atoms with Crippen LogP contribution in [-0.2, 0) is 13.0 Å². The molecule has 0 radical (unpaired) electrons. The predicted octanol–water partition coefficient (Wildman–Crippen LogP) is 3.16. The van der Waals surface area contributed by atoms with Gasteiger partial charge in [-0.1, -0.05) is 24.6 Å². The van der Waals surface area contributed by atoms with Crippen LogP contribution in [0.3, 0.4) is 0 Å². The van der Waals surface area contributed by atoms with Crippen molar-refractivity contribution in [3.8, 4) is 5.75 Å². The molecule has 7 heteroatoms. The molecule has 0 spiro atoms. The molecule has 0 saturated heterocycles. The number of hydrogen-bond donors (Lipinski definition) is 1. The van der Waals surface area contributed by atoms with Crippen molar-refractivity contribution in [3.63, 3.8) is 0 Å². The number of hydrogen-bond acceptors (Lipinski definition) is 5. The molecule has 1 amide bonds. The Morgan fingerprint density at radius 2 is 2.00 bits per heavy atom. The molecule has 3 aromatic rings. The van der Waals surface area contributed by atoms with Gasteiger partial charge < -0.3 is 15.0 Å². The lowest BCUT2D eigenvalue weighted by molar-refractivity contribution is 0.0941. The van der Waals surface area contributed by atoms with Crippen LogP contribution in [0.2, 0.25) is 0 Å². The third-order valence-electron chi connectivity index (χ3n) is 6.16. The van der Waals surface area contributed by atoms with Crippen LogP contribution in [-0.4, -0.2) is 48.1 Å². The van der Waals surface area contributed by atoms with Crippen LogP contribution in [0.15, 0.2) is 47.3 Å². The Kier molecular flexibility index (Phi) is 6.55. The number of para-hydroxylation sites is 1. The van der Waals surface area contributed by atoms with Gasteiger partial charge in [-0.3, -0.25) is 14.2 Å². The number of methoxy groups -OCH3 is 1. The van der Waals surface area contributed by atoms with Crippen LogP contribution in [0.25, 0.3) is 10.9 Å². The molecule has 1 aliphatic rings. The summed E-state index contributed by atoms with van der Waals surface area (Å²) in [7, 11) is 5.60. The van der Waals surface area contributed by atoms with E-state index in [1.54, 1.807) is 29.9 Å². The van der Waals surface area contributed by atoms with E-state index in [2.05, 4.69) is 10.2 Å². The van der Waals surface area contributed by atoms with E-state index in [0.29, 0.717) is 29.6 Å². The summed E-state index contributed by atoms with van der Waals surface area (Å²) in [6.45, 7) is 1.14. The number of likely N-dealkylation sites (N-methyl/N-ethyl adjacent to an activating group) is 1. The number of aryl methyl sites for hydroxylation is 1. The van der Waals surface area contributed by atoms with Gasteiger partial charge in [-0.25, -0.2) is 4.98 Å². The highest BCUT2D eigenvalue weighted by atomic mass is 16.5. The minimum Gasteiger partial charge on any atom is -0.496 e. The number of carbonyl (C=O) groups is 1. The zero-order valence-electron chi connectivity index (χ0n) is 18.9. The number of nitrogens with zero attached hydrogens (tertiary/aromatic N) is 3.